The van der Waals surface area contributed by atoms with E-state index >= 15 is 0 Å². The molecule has 0 fully saturated rings. The third-order valence-electron chi connectivity index (χ3n) is 3.93. The molecule has 0 aromatic carbocycles. The summed E-state index contributed by atoms with van der Waals surface area (Å²) in [5.41, 5.74) is -2.61. The summed E-state index contributed by atoms with van der Waals surface area (Å²) in [4.78, 5) is 36.2. The summed E-state index contributed by atoms with van der Waals surface area (Å²) in [5.74, 6) is -3.70. The third kappa shape index (κ3) is 6.08. The fraction of sp³-hybridized carbons (Fsp3) is 0.688. The van der Waals surface area contributed by atoms with Gasteiger partial charge in [0.15, 0.2) is 0 Å². The Bertz CT molecular complexity index is 804. The Hall–Kier alpha value is -1.85. The van der Waals surface area contributed by atoms with E-state index in [0.717, 1.165) is 0 Å². The van der Waals surface area contributed by atoms with Gasteiger partial charge in [0.05, 0.1) is 28.7 Å². The normalized spacial score (nSPS) is 13.1. The molecule has 0 aliphatic rings. The first-order valence-corrected chi connectivity index (χ1v) is 9.50. The molecule has 1 N–H and O–H groups in total. The minimum absolute atomic E-state index is 0.153. The lowest BCUT2D eigenvalue weighted by molar-refractivity contribution is -0.137. The number of carbonyl (C=O) groups is 1. The van der Waals surface area contributed by atoms with E-state index in [0.29, 0.717) is 20.9 Å². The molecule has 0 saturated carbocycles. The molecule has 28 heavy (non-hydrogen) atoms. The number of rotatable bonds is 10. The molecule has 1 heterocycles. The van der Waals surface area contributed by atoms with Gasteiger partial charge in [-0.3, -0.25) is 18.7 Å². The molecule has 1 aromatic rings. The van der Waals surface area contributed by atoms with Crippen LogP contribution in [0.15, 0.2) is 14.6 Å². The van der Waals surface area contributed by atoms with Gasteiger partial charge >= 0.3 is 17.8 Å². The first kappa shape index (κ1) is 24.2. The van der Waals surface area contributed by atoms with Crippen LogP contribution in [0.4, 0.5) is 22.0 Å². The van der Waals surface area contributed by atoms with Crippen LogP contribution in [0, 0.1) is 0 Å². The lowest BCUT2D eigenvalue weighted by Crippen LogP contribution is -2.44. The van der Waals surface area contributed by atoms with Gasteiger partial charge in [-0.15, -0.1) is 0 Å². The number of thioether (sulfide) groups is 1. The SMILES string of the molecule is CCCn1c(=O)c(C(CC)C(F)F)c(SCC(=O)O)n(CCC(F)(F)F)c1=O. The molecule has 160 valence electrons. The zero-order valence-electron chi connectivity index (χ0n) is 15.3. The van der Waals surface area contributed by atoms with Crippen molar-refractivity contribution in [1.82, 2.24) is 9.13 Å². The van der Waals surface area contributed by atoms with Crippen LogP contribution < -0.4 is 11.2 Å². The number of hydrogen-bond acceptors (Lipinski definition) is 4. The van der Waals surface area contributed by atoms with Crippen LogP contribution in [0.2, 0.25) is 0 Å². The van der Waals surface area contributed by atoms with Gasteiger partial charge in [-0.25, -0.2) is 13.6 Å². The molecular weight excluding hydrogens is 411 g/mol. The quantitative estimate of drug-likeness (QED) is 0.349. The van der Waals surface area contributed by atoms with Crippen molar-refractivity contribution in [3.8, 4) is 0 Å². The van der Waals surface area contributed by atoms with E-state index in [1.54, 1.807) is 6.92 Å². The predicted molar refractivity (Wildman–Crippen MR) is 93.3 cm³/mol. The second kappa shape index (κ2) is 10.1. The summed E-state index contributed by atoms with van der Waals surface area (Å²) in [5, 5.41) is 8.44. The van der Waals surface area contributed by atoms with Gasteiger partial charge in [-0.1, -0.05) is 25.6 Å². The van der Waals surface area contributed by atoms with Crippen molar-refractivity contribution >= 4 is 17.7 Å². The molecule has 0 spiro atoms. The summed E-state index contributed by atoms with van der Waals surface area (Å²) in [6.45, 7) is 1.93. The molecule has 1 aromatic heterocycles. The van der Waals surface area contributed by atoms with Crippen molar-refractivity contribution in [2.24, 2.45) is 0 Å². The summed E-state index contributed by atoms with van der Waals surface area (Å²) < 4.78 is 66.4. The number of hydrogen-bond donors (Lipinski definition) is 1. The van der Waals surface area contributed by atoms with E-state index in [2.05, 4.69) is 0 Å². The average molecular weight is 432 g/mol. The number of aliphatic carboxylic acids is 1. The number of carboxylic acids is 1. The van der Waals surface area contributed by atoms with Gasteiger partial charge < -0.3 is 5.11 Å². The zero-order chi connectivity index (χ0) is 21.6. The standard InChI is InChI=1S/C16H21F5N2O4S/c1-3-6-22-13(26)11(9(4-2)12(17)18)14(28-8-10(24)25)23(15(22)27)7-5-16(19,20)21/h9,12H,3-8H2,1-2H3,(H,24,25). The average Bonchev–Trinajstić information content (AvgIpc) is 2.57. The van der Waals surface area contributed by atoms with E-state index in [1.165, 1.54) is 6.92 Å². The Balaban J connectivity index is 3.81. The first-order chi connectivity index (χ1) is 12.9. The van der Waals surface area contributed by atoms with Crippen LogP contribution in [0.5, 0.6) is 0 Å². The van der Waals surface area contributed by atoms with E-state index in [-0.39, 0.29) is 19.4 Å². The van der Waals surface area contributed by atoms with Gasteiger partial charge in [0.25, 0.3) is 5.56 Å². The molecule has 0 saturated heterocycles. The first-order valence-electron chi connectivity index (χ1n) is 8.51. The molecular formula is C16H21F5N2O4S. The number of halogens is 5. The molecule has 6 nitrogen and oxygen atoms in total. The number of aromatic nitrogens is 2. The largest absolute Gasteiger partial charge is 0.481 e. The smallest absolute Gasteiger partial charge is 0.390 e. The lowest BCUT2D eigenvalue weighted by Gasteiger charge is -2.23. The second-order valence-corrected chi connectivity index (χ2v) is 6.97. The van der Waals surface area contributed by atoms with E-state index in [9.17, 15) is 36.3 Å². The van der Waals surface area contributed by atoms with Gasteiger partial charge in [0.1, 0.15) is 0 Å². The summed E-state index contributed by atoms with van der Waals surface area (Å²) in [7, 11) is 0. The highest BCUT2D eigenvalue weighted by molar-refractivity contribution is 7.99. The van der Waals surface area contributed by atoms with E-state index < -0.39 is 65.0 Å². The Morgan fingerprint density at radius 3 is 2.18 bits per heavy atom. The number of alkyl halides is 5. The molecule has 1 atom stereocenters. The Kier molecular flexibility index (Phi) is 8.71. The highest BCUT2D eigenvalue weighted by atomic mass is 32.2. The van der Waals surface area contributed by atoms with Crippen LogP contribution in [-0.2, 0) is 17.9 Å². The highest BCUT2D eigenvalue weighted by Gasteiger charge is 2.33. The second-order valence-electron chi connectivity index (χ2n) is 6.01. The van der Waals surface area contributed by atoms with Gasteiger partial charge in [-0.05, 0) is 12.8 Å². The highest BCUT2D eigenvalue weighted by Crippen LogP contribution is 2.32. The van der Waals surface area contributed by atoms with Gasteiger partial charge in [0.2, 0.25) is 6.43 Å². The third-order valence-corrected chi connectivity index (χ3v) is 5.03. The van der Waals surface area contributed by atoms with Crippen molar-refractivity contribution in [2.45, 2.75) is 69.7 Å². The van der Waals surface area contributed by atoms with Crippen molar-refractivity contribution in [3.63, 3.8) is 0 Å². The number of nitrogens with zero attached hydrogens (tertiary/aromatic N) is 2. The van der Waals surface area contributed by atoms with Gasteiger partial charge in [0, 0.05) is 13.1 Å². The minimum atomic E-state index is -4.63. The fourth-order valence-corrected chi connectivity index (χ4v) is 3.65. The van der Waals surface area contributed by atoms with Gasteiger partial charge in [-0.2, -0.15) is 13.2 Å². The molecule has 0 aliphatic carbocycles. The molecule has 0 aliphatic heterocycles. The maximum Gasteiger partial charge on any atom is 0.390 e. The zero-order valence-corrected chi connectivity index (χ0v) is 16.1. The Labute approximate surface area is 161 Å². The lowest BCUT2D eigenvalue weighted by atomic mass is 9.99. The monoisotopic (exact) mass is 432 g/mol. The van der Waals surface area contributed by atoms with Crippen molar-refractivity contribution in [2.75, 3.05) is 5.75 Å². The maximum absolute atomic E-state index is 13.5. The predicted octanol–water partition coefficient (Wildman–Crippen LogP) is 3.31. The molecule has 1 unspecified atom stereocenters. The molecule has 0 amide bonds. The van der Waals surface area contributed by atoms with Crippen LogP contribution in [0.1, 0.15) is 44.6 Å². The molecule has 12 heteroatoms. The topological polar surface area (TPSA) is 81.3 Å². The van der Waals surface area contributed by atoms with Crippen LogP contribution in [-0.4, -0.2) is 38.6 Å². The Morgan fingerprint density at radius 2 is 1.75 bits per heavy atom. The number of carboxylic acid groups (broad SMARTS) is 1. The van der Waals surface area contributed by atoms with Crippen LogP contribution in [0.3, 0.4) is 0 Å². The Morgan fingerprint density at radius 1 is 1.14 bits per heavy atom. The fourth-order valence-electron chi connectivity index (χ4n) is 2.67. The van der Waals surface area contributed by atoms with Crippen molar-refractivity contribution < 1.29 is 31.9 Å². The summed E-state index contributed by atoms with van der Waals surface area (Å²) in [6.07, 6.45) is -9.00. The van der Waals surface area contributed by atoms with Crippen molar-refractivity contribution in [3.05, 3.63) is 26.4 Å². The minimum Gasteiger partial charge on any atom is -0.481 e. The maximum atomic E-state index is 13.5. The summed E-state index contributed by atoms with van der Waals surface area (Å²) in [6, 6.07) is 0. The van der Waals surface area contributed by atoms with Crippen LogP contribution in [0.25, 0.3) is 0 Å². The van der Waals surface area contributed by atoms with E-state index in [4.69, 9.17) is 5.11 Å². The molecule has 1 rings (SSSR count). The molecule has 0 radical (unpaired) electrons. The molecule has 0 bridgehead atoms. The van der Waals surface area contributed by atoms with Crippen molar-refractivity contribution in [1.29, 1.82) is 0 Å². The van der Waals surface area contributed by atoms with Crippen LogP contribution >= 0.6 is 11.8 Å². The van der Waals surface area contributed by atoms with E-state index in [1.807, 2.05) is 0 Å². The summed E-state index contributed by atoms with van der Waals surface area (Å²) >= 11 is 0.398.